The Kier molecular flexibility index (Phi) is 8.81. The standard InChI is InChI=1S/C26H28BrN3O5S2/c27-22-10-14-23(15-11-22)36(32,33)29-25(18-20-6-2-1-3-7-20)26(31)28-19-21-8-12-24(13-9-21)37(34,35)30-16-4-5-17-30/h1-3,6-15,25,29H,4-5,16-19H2,(H,28,31)/t25-/m0/s1. The molecule has 37 heavy (non-hydrogen) atoms. The molecule has 196 valence electrons. The third kappa shape index (κ3) is 7.05. The fourth-order valence-corrected chi connectivity index (χ4v) is 7.05. The van der Waals surface area contributed by atoms with E-state index >= 15 is 0 Å². The second-order valence-electron chi connectivity index (χ2n) is 8.79. The number of rotatable bonds is 10. The van der Waals surface area contributed by atoms with Crippen molar-refractivity contribution in [1.82, 2.24) is 14.3 Å². The summed E-state index contributed by atoms with van der Waals surface area (Å²) >= 11 is 3.29. The minimum atomic E-state index is -3.96. The molecule has 1 amide bonds. The zero-order chi connectivity index (χ0) is 26.5. The lowest BCUT2D eigenvalue weighted by atomic mass is 10.1. The summed E-state index contributed by atoms with van der Waals surface area (Å²) in [5.41, 5.74) is 1.50. The summed E-state index contributed by atoms with van der Waals surface area (Å²) in [5.74, 6) is -0.488. The SMILES string of the molecule is O=C(NCc1ccc(S(=O)(=O)N2CCCC2)cc1)[C@H](Cc1ccccc1)NS(=O)(=O)c1ccc(Br)cc1. The van der Waals surface area contributed by atoms with Gasteiger partial charge in [0.2, 0.25) is 26.0 Å². The highest BCUT2D eigenvalue weighted by Gasteiger charge is 2.28. The topological polar surface area (TPSA) is 113 Å². The molecule has 8 nitrogen and oxygen atoms in total. The zero-order valence-corrected chi connectivity index (χ0v) is 23.2. The van der Waals surface area contributed by atoms with Gasteiger partial charge in [-0.3, -0.25) is 4.79 Å². The zero-order valence-electron chi connectivity index (χ0n) is 20.0. The molecule has 2 N–H and O–H groups in total. The Morgan fingerprint density at radius 2 is 1.41 bits per heavy atom. The van der Waals surface area contributed by atoms with Crippen molar-refractivity contribution < 1.29 is 21.6 Å². The van der Waals surface area contributed by atoms with Gasteiger partial charge < -0.3 is 5.32 Å². The maximum atomic E-state index is 13.1. The summed E-state index contributed by atoms with van der Waals surface area (Å²) in [6.45, 7) is 1.17. The van der Waals surface area contributed by atoms with Crippen molar-refractivity contribution in [1.29, 1.82) is 0 Å². The number of hydrogen-bond donors (Lipinski definition) is 2. The van der Waals surface area contributed by atoms with Crippen LogP contribution in [0.2, 0.25) is 0 Å². The van der Waals surface area contributed by atoms with Crippen molar-refractivity contribution in [3.05, 3.63) is 94.5 Å². The number of halogens is 1. The lowest BCUT2D eigenvalue weighted by molar-refractivity contribution is -0.122. The molecule has 3 aromatic rings. The molecule has 1 saturated heterocycles. The van der Waals surface area contributed by atoms with Gasteiger partial charge in [0.05, 0.1) is 9.79 Å². The monoisotopic (exact) mass is 605 g/mol. The Bertz CT molecular complexity index is 1420. The van der Waals surface area contributed by atoms with Gasteiger partial charge in [0.1, 0.15) is 6.04 Å². The van der Waals surface area contributed by atoms with E-state index in [9.17, 15) is 21.6 Å². The molecule has 0 aliphatic carbocycles. The molecule has 3 aromatic carbocycles. The van der Waals surface area contributed by atoms with E-state index in [1.807, 2.05) is 30.3 Å². The molecule has 0 aromatic heterocycles. The van der Waals surface area contributed by atoms with Gasteiger partial charge >= 0.3 is 0 Å². The molecule has 4 rings (SSSR count). The molecule has 0 saturated carbocycles. The van der Waals surface area contributed by atoms with Crippen LogP contribution in [-0.2, 0) is 37.8 Å². The maximum absolute atomic E-state index is 13.1. The number of amides is 1. The lowest BCUT2D eigenvalue weighted by Crippen LogP contribution is -2.47. The number of nitrogens with one attached hydrogen (secondary N) is 2. The smallest absolute Gasteiger partial charge is 0.243 e. The summed E-state index contributed by atoms with van der Waals surface area (Å²) in [6.07, 6.45) is 1.88. The molecular weight excluding hydrogens is 578 g/mol. The fourth-order valence-electron chi connectivity index (χ4n) is 4.08. The van der Waals surface area contributed by atoms with Crippen molar-refractivity contribution in [3.63, 3.8) is 0 Å². The molecule has 1 atom stereocenters. The van der Waals surface area contributed by atoms with Crippen LogP contribution >= 0.6 is 15.9 Å². The van der Waals surface area contributed by atoms with Crippen molar-refractivity contribution >= 4 is 41.9 Å². The van der Waals surface area contributed by atoms with Gasteiger partial charge in [-0.05, 0) is 66.8 Å². The highest BCUT2D eigenvalue weighted by atomic mass is 79.9. The Morgan fingerprint density at radius 1 is 0.811 bits per heavy atom. The van der Waals surface area contributed by atoms with E-state index in [1.54, 1.807) is 24.3 Å². The van der Waals surface area contributed by atoms with Crippen molar-refractivity contribution in [2.45, 2.75) is 41.6 Å². The van der Waals surface area contributed by atoms with E-state index in [1.165, 1.54) is 28.6 Å². The van der Waals surface area contributed by atoms with Crippen LogP contribution in [-0.4, -0.2) is 46.2 Å². The molecule has 0 bridgehead atoms. The quantitative estimate of drug-likeness (QED) is 0.367. The first-order chi connectivity index (χ1) is 17.6. The minimum absolute atomic E-state index is 0.0522. The second-order valence-corrected chi connectivity index (χ2v) is 13.4. The van der Waals surface area contributed by atoms with Crippen molar-refractivity contribution in [2.75, 3.05) is 13.1 Å². The van der Waals surface area contributed by atoms with Crippen LogP contribution in [0.4, 0.5) is 0 Å². The van der Waals surface area contributed by atoms with Crippen LogP contribution in [0.5, 0.6) is 0 Å². The molecule has 1 heterocycles. The van der Waals surface area contributed by atoms with Crippen LogP contribution in [0, 0.1) is 0 Å². The summed E-state index contributed by atoms with van der Waals surface area (Å²) in [4.78, 5) is 13.4. The van der Waals surface area contributed by atoms with Gasteiger partial charge in [-0.25, -0.2) is 16.8 Å². The predicted octanol–water partition coefficient (Wildman–Crippen LogP) is 3.44. The summed E-state index contributed by atoms with van der Waals surface area (Å²) in [6, 6.07) is 20.6. The van der Waals surface area contributed by atoms with Crippen LogP contribution in [0.1, 0.15) is 24.0 Å². The van der Waals surface area contributed by atoms with Gasteiger partial charge in [0, 0.05) is 24.1 Å². The lowest BCUT2D eigenvalue weighted by Gasteiger charge is -2.19. The van der Waals surface area contributed by atoms with Gasteiger partial charge in [-0.2, -0.15) is 9.03 Å². The minimum Gasteiger partial charge on any atom is -0.351 e. The predicted molar refractivity (Wildman–Crippen MR) is 145 cm³/mol. The largest absolute Gasteiger partial charge is 0.351 e. The van der Waals surface area contributed by atoms with E-state index in [2.05, 4.69) is 26.0 Å². The van der Waals surface area contributed by atoms with Gasteiger partial charge in [-0.1, -0.05) is 58.4 Å². The van der Waals surface area contributed by atoms with Crippen molar-refractivity contribution in [3.8, 4) is 0 Å². The fraction of sp³-hybridized carbons (Fsp3) is 0.269. The van der Waals surface area contributed by atoms with Gasteiger partial charge in [-0.15, -0.1) is 0 Å². The molecule has 0 radical (unpaired) electrons. The number of carbonyl (C=O) groups is 1. The Morgan fingerprint density at radius 3 is 2.03 bits per heavy atom. The molecule has 1 fully saturated rings. The molecule has 1 aliphatic rings. The average molecular weight is 607 g/mol. The first-order valence-corrected chi connectivity index (χ1v) is 15.6. The normalized spacial score (nSPS) is 15.4. The number of benzene rings is 3. The van der Waals surface area contributed by atoms with Crippen LogP contribution in [0.25, 0.3) is 0 Å². The Hall–Kier alpha value is -2.57. The first-order valence-electron chi connectivity index (χ1n) is 11.8. The van der Waals surface area contributed by atoms with Crippen LogP contribution in [0.15, 0.2) is 93.1 Å². The summed E-state index contributed by atoms with van der Waals surface area (Å²) in [5, 5.41) is 2.78. The number of carbonyl (C=O) groups excluding carboxylic acids is 1. The first kappa shape index (κ1) is 27.5. The highest BCUT2D eigenvalue weighted by Crippen LogP contribution is 2.21. The molecule has 11 heteroatoms. The van der Waals surface area contributed by atoms with Gasteiger partial charge in [0.25, 0.3) is 0 Å². The van der Waals surface area contributed by atoms with E-state index in [-0.39, 0.29) is 22.8 Å². The number of nitrogens with zero attached hydrogens (tertiary/aromatic N) is 1. The number of hydrogen-bond acceptors (Lipinski definition) is 5. The third-order valence-corrected chi connectivity index (χ3v) is 10.0. The summed E-state index contributed by atoms with van der Waals surface area (Å²) < 4.78 is 56.2. The van der Waals surface area contributed by atoms with Crippen LogP contribution in [0.3, 0.4) is 0 Å². The molecular formula is C26H28BrN3O5S2. The Labute approximate surface area is 226 Å². The average Bonchev–Trinajstić information content (AvgIpc) is 3.44. The molecule has 0 unspecified atom stereocenters. The van der Waals surface area contributed by atoms with Gasteiger partial charge in [0.15, 0.2) is 0 Å². The maximum Gasteiger partial charge on any atom is 0.243 e. The Balaban J connectivity index is 1.46. The van der Waals surface area contributed by atoms with E-state index in [0.717, 1.165) is 22.9 Å². The van der Waals surface area contributed by atoms with E-state index in [0.29, 0.717) is 18.7 Å². The summed E-state index contributed by atoms with van der Waals surface area (Å²) in [7, 11) is -7.48. The highest BCUT2D eigenvalue weighted by molar-refractivity contribution is 9.10. The third-order valence-electron chi connectivity index (χ3n) is 6.11. The van der Waals surface area contributed by atoms with E-state index < -0.39 is 32.0 Å². The van der Waals surface area contributed by atoms with E-state index in [4.69, 9.17) is 0 Å². The number of sulfonamides is 2. The second kappa shape index (κ2) is 11.9. The van der Waals surface area contributed by atoms with Crippen molar-refractivity contribution in [2.24, 2.45) is 0 Å². The van der Waals surface area contributed by atoms with Crippen LogP contribution < -0.4 is 10.0 Å². The molecule has 0 spiro atoms. The molecule has 1 aliphatic heterocycles.